The van der Waals surface area contributed by atoms with Crippen LogP contribution >= 0.6 is 0 Å². The zero-order valence-corrected chi connectivity index (χ0v) is 21.8. The highest BCUT2D eigenvalue weighted by atomic mass is 16.5. The number of likely N-dealkylation sites (tertiary alicyclic amines) is 1. The molecule has 194 valence electrons. The summed E-state index contributed by atoms with van der Waals surface area (Å²) in [5.74, 6) is 0.249. The van der Waals surface area contributed by atoms with Crippen molar-refractivity contribution in [2.24, 2.45) is 5.92 Å². The predicted molar refractivity (Wildman–Crippen MR) is 145 cm³/mol. The van der Waals surface area contributed by atoms with Crippen molar-refractivity contribution < 1.29 is 19.4 Å². The molecule has 0 aromatic heterocycles. The number of hydrogen-bond donors (Lipinski definition) is 1. The second-order valence-corrected chi connectivity index (χ2v) is 10.4. The van der Waals surface area contributed by atoms with Crippen molar-refractivity contribution in [2.75, 3.05) is 19.6 Å². The first-order chi connectivity index (χ1) is 17.8. The molecule has 0 atom stereocenters. The lowest BCUT2D eigenvalue weighted by atomic mass is 9.72. The zero-order valence-electron chi connectivity index (χ0n) is 21.8. The number of rotatable bonds is 11. The van der Waals surface area contributed by atoms with Crippen molar-refractivity contribution in [3.63, 3.8) is 0 Å². The molecule has 1 aliphatic rings. The quantitative estimate of drug-likeness (QED) is 0.271. The summed E-state index contributed by atoms with van der Waals surface area (Å²) in [5.41, 5.74) is 1.69. The van der Waals surface area contributed by atoms with Gasteiger partial charge in [0.15, 0.2) is 5.78 Å². The molecule has 0 radical (unpaired) electrons. The van der Waals surface area contributed by atoms with E-state index in [2.05, 4.69) is 4.90 Å². The minimum atomic E-state index is -1.01. The maximum absolute atomic E-state index is 12.7. The summed E-state index contributed by atoms with van der Waals surface area (Å²) in [7, 11) is 0. The van der Waals surface area contributed by atoms with Gasteiger partial charge in [-0.15, -0.1) is 0 Å². The van der Waals surface area contributed by atoms with E-state index < -0.39 is 11.2 Å². The molecular formula is C32H37NO4. The largest absolute Gasteiger partial charge is 0.457 e. The number of carbonyl (C=O) groups is 2. The van der Waals surface area contributed by atoms with Crippen molar-refractivity contribution in [2.45, 2.75) is 50.7 Å². The number of hydrogen-bond acceptors (Lipinski definition) is 5. The van der Waals surface area contributed by atoms with Crippen LogP contribution in [0, 0.1) is 5.92 Å². The van der Waals surface area contributed by atoms with Gasteiger partial charge in [0.05, 0.1) is 0 Å². The Morgan fingerprint density at radius 1 is 0.892 bits per heavy atom. The summed E-state index contributed by atoms with van der Waals surface area (Å²) >= 11 is 0. The number of aliphatic hydroxyl groups is 1. The van der Waals surface area contributed by atoms with Crippen LogP contribution in [0.1, 0.15) is 66.6 Å². The Hall–Kier alpha value is -3.28. The van der Waals surface area contributed by atoms with Gasteiger partial charge in [-0.05, 0) is 75.4 Å². The van der Waals surface area contributed by atoms with Gasteiger partial charge in [0, 0.05) is 12.0 Å². The second kappa shape index (κ2) is 11.8. The van der Waals surface area contributed by atoms with Gasteiger partial charge < -0.3 is 14.7 Å². The molecule has 3 aromatic rings. The fraction of sp³-hybridized carbons (Fsp3) is 0.375. The molecular weight excluding hydrogens is 462 g/mol. The second-order valence-electron chi connectivity index (χ2n) is 10.4. The molecule has 5 nitrogen and oxygen atoms in total. The van der Waals surface area contributed by atoms with Crippen molar-refractivity contribution in [3.8, 4) is 0 Å². The molecule has 4 rings (SSSR count). The van der Waals surface area contributed by atoms with Crippen LogP contribution in [0.15, 0.2) is 84.9 Å². The molecule has 0 bridgehead atoms. The third-order valence-corrected chi connectivity index (χ3v) is 7.73. The Balaban J connectivity index is 1.31. The number of Topliss-reactive ketones (excluding diaryl/α,β-unsaturated/α-hetero) is 1. The van der Waals surface area contributed by atoms with E-state index in [1.807, 2.05) is 98.8 Å². The van der Waals surface area contributed by atoms with Crippen LogP contribution in [0.5, 0.6) is 0 Å². The minimum Gasteiger partial charge on any atom is -0.457 e. The first-order valence-corrected chi connectivity index (χ1v) is 13.2. The molecule has 0 spiro atoms. The summed E-state index contributed by atoms with van der Waals surface area (Å²) in [5, 5.41) is 12.1. The van der Waals surface area contributed by atoms with Crippen LogP contribution in [0.3, 0.4) is 0 Å². The van der Waals surface area contributed by atoms with Crippen molar-refractivity contribution in [1.29, 1.82) is 0 Å². The third kappa shape index (κ3) is 6.17. The lowest BCUT2D eigenvalue weighted by molar-refractivity contribution is -0.141. The van der Waals surface area contributed by atoms with Gasteiger partial charge >= 0.3 is 0 Å². The van der Waals surface area contributed by atoms with E-state index >= 15 is 0 Å². The van der Waals surface area contributed by atoms with E-state index in [0.717, 1.165) is 55.6 Å². The van der Waals surface area contributed by atoms with Gasteiger partial charge in [0.25, 0.3) is 6.47 Å². The Labute approximate surface area is 220 Å². The van der Waals surface area contributed by atoms with E-state index in [0.29, 0.717) is 18.5 Å². The van der Waals surface area contributed by atoms with Gasteiger partial charge in [-0.3, -0.25) is 9.59 Å². The van der Waals surface area contributed by atoms with Crippen LogP contribution in [-0.4, -0.2) is 41.9 Å². The average Bonchev–Trinajstić information content (AvgIpc) is 2.94. The summed E-state index contributed by atoms with van der Waals surface area (Å²) in [6.45, 7) is 6.77. The van der Waals surface area contributed by atoms with E-state index in [-0.39, 0.29) is 11.7 Å². The number of carbonyl (C=O) groups excluding carboxylic acids is 2. The Morgan fingerprint density at radius 2 is 1.43 bits per heavy atom. The number of piperidine rings is 1. The molecule has 0 unspecified atom stereocenters. The fourth-order valence-electron chi connectivity index (χ4n) is 5.45. The monoisotopic (exact) mass is 499 g/mol. The number of nitrogens with zero attached hydrogens (tertiary/aromatic N) is 1. The summed E-state index contributed by atoms with van der Waals surface area (Å²) in [4.78, 5) is 25.9. The minimum absolute atomic E-state index is 0.123. The smallest absolute Gasteiger partial charge is 0.293 e. The van der Waals surface area contributed by atoms with E-state index in [9.17, 15) is 14.7 Å². The van der Waals surface area contributed by atoms with Gasteiger partial charge in [-0.2, -0.15) is 0 Å². The van der Waals surface area contributed by atoms with Gasteiger partial charge in [-0.1, -0.05) is 84.9 Å². The topological polar surface area (TPSA) is 66.8 Å². The average molecular weight is 500 g/mol. The molecule has 1 N–H and O–H groups in total. The third-order valence-electron chi connectivity index (χ3n) is 7.73. The number of ether oxygens (including phenoxy) is 1. The molecule has 0 amide bonds. The summed E-state index contributed by atoms with van der Waals surface area (Å²) in [6.07, 6.45) is 3.08. The highest BCUT2D eigenvalue weighted by Crippen LogP contribution is 2.41. The predicted octanol–water partition coefficient (Wildman–Crippen LogP) is 5.71. The van der Waals surface area contributed by atoms with Crippen LogP contribution in [0.25, 0.3) is 0 Å². The molecule has 37 heavy (non-hydrogen) atoms. The first-order valence-electron chi connectivity index (χ1n) is 13.2. The van der Waals surface area contributed by atoms with Crippen molar-refractivity contribution >= 4 is 12.3 Å². The lowest BCUT2D eigenvalue weighted by Gasteiger charge is -2.42. The molecule has 1 saturated heterocycles. The number of ketones is 1. The van der Waals surface area contributed by atoms with Crippen molar-refractivity contribution in [3.05, 3.63) is 107 Å². The first kappa shape index (κ1) is 26.8. The lowest BCUT2D eigenvalue weighted by Crippen LogP contribution is -2.44. The normalized spacial score (nSPS) is 15.3. The molecule has 1 aliphatic heterocycles. The molecule has 5 heteroatoms. The molecule has 1 fully saturated rings. The Kier molecular flexibility index (Phi) is 8.57. The van der Waals surface area contributed by atoms with Crippen LogP contribution in [-0.2, 0) is 20.7 Å². The summed E-state index contributed by atoms with van der Waals surface area (Å²) in [6, 6.07) is 27.3. The standard InChI is InChI=1S/C32H37NO4/c1-31(2,37-24-34)26-17-15-25(16-18-26)30(35)14-9-21-33-22-19-29(20-23-33)32(36,27-10-5-3-6-11-27)28-12-7-4-8-13-28/h3-8,10-13,15-18,24,29,36H,9,14,19-23H2,1-2H3. The van der Waals surface area contributed by atoms with Crippen molar-refractivity contribution in [1.82, 2.24) is 4.90 Å². The van der Waals surface area contributed by atoms with E-state index in [4.69, 9.17) is 4.74 Å². The van der Waals surface area contributed by atoms with Gasteiger partial charge in [-0.25, -0.2) is 0 Å². The van der Waals surface area contributed by atoms with E-state index in [1.165, 1.54) is 0 Å². The van der Waals surface area contributed by atoms with Gasteiger partial charge in [0.1, 0.15) is 11.2 Å². The SMILES string of the molecule is CC(C)(OC=O)c1ccc(C(=O)CCCN2CCC(C(O)(c3ccccc3)c3ccccc3)CC2)cc1. The summed E-state index contributed by atoms with van der Waals surface area (Å²) < 4.78 is 5.14. The molecule has 0 saturated carbocycles. The molecule has 3 aromatic carbocycles. The Bertz CT molecular complexity index is 1110. The molecule has 0 aliphatic carbocycles. The zero-order chi connectivity index (χ0) is 26.3. The van der Waals surface area contributed by atoms with Gasteiger partial charge in [0.2, 0.25) is 0 Å². The fourth-order valence-corrected chi connectivity index (χ4v) is 5.45. The van der Waals surface area contributed by atoms with Crippen LogP contribution < -0.4 is 0 Å². The highest BCUT2D eigenvalue weighted by Gasteiger charge is 2.41. The van der Waals surface area contributed by atoms with E-state index in [1.54, 1.807) is 0 Å². The van der Waals surface area contributed by atoms with Crippen LogP contribution in [0.4, 0.5) is 0 Å². The molecule has 1 heterocycles. The number of benzene rings is 3. The highest BCUT2D eigenvalue weighted by molar-refractivity contribution is 5.96. The maximum atomic E-state index is 12.7. The maximum Gasteiger partial charge on any atom is 0.293 e. The Morgan fingerprint density at radius 3 is 1.95 bits per heavy atom. The van der Waals surface area contributed by atoms with Crippen LogP contribution in [0.2, 0.25) is 0 Å².